The van der Waals surface area contributed by atoms with Crippen LogP contribution in [0.4, 0.5) is 0 Å². The average molecular weight is 154 g/mol. The molecule has 0 saturated heterocycles. The summed E-state index contributed by atoms with van der Waals surface area (Å²) in [7, 11) is 0. The molecule has 2 N–H and O–H groups in total. The van der Waals surface area contributed by atoms with Crippen LogP contribution in [-0.2, 0) is 0 Å². The molecule has 1 aliphatic rings. The lowest BCUT2D eigenvalue weighted by Crippen LogP contribution is -2.26. The van der Waals surface area contributed by atoms with Gasteiger partial charge in [0, 0.05) is 6.42 Å². The number of hydrogen-bond acceptors (Lipinski definition) is 2. The van der Waals surface area contributed by atoms with E-state index in [1.165, 1.54) is 11.6 Å². The lowest BCUT2D eigenvalue weighted by atomic mass is 9.95. The molecular weight excluding hydrogens is 140 g/mol. The van der Waals surface area contributed by atoms with Gasteiger partial charge >= 0.3 is 0 Å². The molecule has 0 fully saturated rings. The summed E-state index contributed by atoms with van der Waals surface area (Å²) in [5.41, 5.74) is 1.17. The van der Waals surface area contributed by atoms with Gasteiger partial charge in [-0.1, -0.05) is 26.0 Å². The normalized spacial score (nSPS) is 22.1. The Morgan fingerprint density at radius 2 is 2.09 bits per heavy atom. The molecule has 0 aromatic rings. The first-order valence-corrected chi connectivity index (χ1v) is 3.85. The summed E-state index contributed by atoms with van der Waals surface area (Å²) in [5, 5.41) is 18.2. The molecule has 0 aliphatic heterocycles. The highest BCUT2D eigenvalue weighted by molar-refractivity contribution is 5.27. The van der Waals surface area contributed by atoms with Gasteiger partial charge in [0.05, 0.1) is 0 Å². The molecule has 0 amide bonds. The van der Waals surface area contributed by atoms with Gasteiger partial charge in [0.15, 0.2) is 5.79 Å². The standard InChI is InChI=1S/C9H14O2/c1-7(2)8-3-5-9(10,11)6-4-8/h3-5,7,10-11H,6H2,1-2H3. The van der Waals surface area contributed by atoms with Crippen molar-refractivity contribution in [2.45, 2.75) is 26.1 Å². The Morgan fingerprint density at radius 1 is 1.45 bits per heavy atom. The van der Waals surface area contributed by atoms with Crippen molar-refractivity contribution in [3.8, 4) is 0 Å². The van der Waals surface area contributed by atoms with Gasteiger partial charge in [-0.2, -0.15) is 0 Å². The lowest BCUT2D eigenvalue weighted by Gasteiger charge is -2.21. The minimum absolute atomic E-state index is 0.303. The molecule has 2 heteroatoms. The van der Waals surface area contributed by atoms with E-state index >= 15 is 0 Å². The highest BCUT2D eigenvalue weighted by atomic mass is 16.5. The molecule has 1 rings (SSSR count). The van der Waals surface area contributed by atoms with E-state index in [9.17, 15) is 0 Å². The Bertz CT molecular complexity index is 200. The van der Waals surface area contributed by atoms with Gasteiger partial charge in [0.25, 0.3) is 0 Å². The molecule has 0 spiro atoms. The third kappa shape index (κ3) is 2.17. The van der Waals surface area contributed by atoms with Crippen LogP contribution >= 0.6 is 0 Å². The largest absolute Gasteiger partial charge is 0.362 e. The maximum Gasteiger partial charge on any atom is 0.186 e. The van der Waals surface area contributed by atoms with Crippen molar-refractivity contribution in [1.82, 2.24) is 0 Å². The van der Waals surface area contributed by atoms with Crippen molar-refractivity contribution in [3.05, 3.63) is 23.8 Å². The molecule has 0 aromatic heterocycles. The van der Waals surface area contributed by atoms with Crippen LogP contribution in [0, 0.1) is 5.92 Å². The van der Waals surface area contributed by atoms with E-state index in [1.807, 2.05) is 6.08 Å². The van der Waals surface area contributed by atoms with Crippen LogP contribution < -0.4 is 0 Å². The van der Waals surface area contributed by atoms with E-state index in [0.717, 1.165) is 0 Å². The van der Waals surface area contributed by atoms with Crippen molar-refractivity contribution in [3.63, 3.8) is 0 Å². The fraction of sp³-hybridized carbons (Fsp3) is 0.556. The maximum absolute atomic E-state index is 9.10. The van der Waals surface area contributed by atoms with Crippen molar-refractivity contribution in [1.29, 1.82) is 0 Å². The van der Waals surface area contributed by atoms with E-state index in [2.05, 4.69) is 13.8 Å². The summed E-state index contributed by atoms with van der Waals surface area (Å²) in [6.07, 6.45) is 5.37. The van der Waals surface area contributed by atoms with Crippen molar-refractivity contribution in [2.75, 3.05) is 0 Å². The van der Waals surface area contributed by atoms with Crippen molar-refractivity contribution >= 4 is 0 Å². The zero-order valence-corrected chi connectivity index (χ0v) is 6.91. The van der Waals surface area contributed by atoms with E-state index in [4.69, 9.17) is 10.2 Å². The number of rotatable bonds is 1. The van der Waals surface area contributed by atoms with Crippen LogP contribution in [0.1, 0.15) is 20.3 Å². The minimum Gasteiger partial charge on any atom is -0.362 e. The number of allylic oxidation sites excluding steroid dienone is 2. The van der Waals surface area contributed by atoms with Gasteiger partial charge in [-0.05, 0) is 17.6 Å². The molecule has 0 atom stereocenters. The third-order valence-electron chi connectivity index (χ3n) is 1.85. The van der Waals surface area contributed by atoms with Gasteiger partial charge in [-0.3, -0.25) is 0 Å². The van der Waals surface area contributed by atoms with Crippen LogP contribution in [0.2, 0.25) is 0 Å². The van der Waals surface area contributed by atoms with Crippen molar-refractivity contribution < 1.29 is 10.2 Å². The Labute approximate surface area is 66.9 Å². The van der Waals surface area contributed by atoms with Crippen LogP contribution in [-0.4, -0.2) is 16.0 Å². The quantitative estimate of drug-likeness (QED) is 0.557. The molecule has 0 radical (unpaired) electrons. The predicted molar refractivity (Wildman–Crippen MR) is 43.8 cm³/mol. The molecule has 62 valence electrons. The molecule has 0 aromatic carbocycles. The molecule has 0 bridgehead atoms. The van der Waals surface area contributed by atoms with Gasteiger partial charge in [0.1, 0.15) is 0 Å². The smallest absolute Gasteiger partial charge is 0.186 e. The lowest BCUT2D eigenvalue weighted by molar-refractivity contribution is -0.115. The first-order chi connectivity index (χ1) is 5.01. The van der Waals surface area contributed by atoms with Crippen LogP contribution in [0.3, 0.4) is 0 Å². The van der Waals surface area contributed by atoms with E-state index in [-0.39, 0.29) is 0 Å². The fourth-order valence-corrected chi connectivity index (χ4v) is 1.06. The van der Waals surface area contributed by atoms with Crippen LogP contribution in [0.15, 0.2) is 23.8 Å². The van der Waals surface area contributed by atoms with Crippen LogP contribution in [0.25, 0.3) is 0 Å². The molecule has 0 unspecified atom stereocenters. The maximum atomic E-state index is 9.10. The Kier molecular flexibility index (Phi) is 2.16. The number of hydrogen-bond donors (Lipinski definition) is 2. The zero-order valence-electron chi connectivity index (χ0n) is 6.91. The molecule has 2 nitrogen and oxygen atoms in total. The highest BCUT2D eigenvalue weighted by Gasteiger charge is 2.20. The second-order valence-corrected chi connectivity index (χ2v) is 3.27. The predicted octanol–water partition coefficient (Wildman–Crippen LogP) is 1.21. The van der Waals surface area contributed by atoms with Crippen molar-refractivity contribution in [2.24, 2.45) is 5.92 Å². The Morgan fingerprint density at radius 3 is 2.45 bits per heavy atom. The monoisotopic (exact) mass is 154 g/mol. The SMILES string of the molecule is CC(C)C1=CCC(O)(O)C=C1. The third-order valence-corrected chi connectivity index (χ3v) is 1.85. The van der Waals surface area contributed by atoms with Gasteiger partial charge in [0.2, 0.25) is 0 Å². The molecule has 1 aliphatic carbocycles. The van der Waals surface area contributed by atoms with Crippen LogP contribution in [0.5, 0.6) is 0 Å². The first kappa shape index (κ1) is 8.50. The molecule has 11 heavy (non-hydrogen) atoms. The summed E-state index contributed by atoms with van der Waals surface area (Å²) in [5.74, 6) is -1.15. The minimum atomic E-state index is -1.61. The summed E-state index contributed by atoms with van der Waals surface area (Å²) in [6.45, 7) is 4.16. The van der Waals surface area contributed by atoms with Gasteiger partial charge < -0.3 is 10.2 Å². The Balaban J connectivity index is 2.68. The molecule has 0 saturated carbocycles. The first-order valence-electron chi connectivity index (χ1n) is 3.85. The summed E-state index contributed by atoms with van der Waals surface area (Å²) >= 11 is 0. The second-order valence-electron chi connectivity index (χ2n) is 3.27. The van der Waals surface area contributed by atoms with E-state index in [0.29, 0.717) is 12.3 Å². The highest BCUT2D eigenvalue weighted by Crippen LogP contribution is 2.22. The second kappa shape index (κ2) is 2.80. The molecule has 0 heterocycles. The summed E-state index contributed by atoms with van der Waals surface area (Å²) < 4.78 is 0. The van der Waals surface area contributed by atoms with Gasteiger partial charge in [-0.25, -0.2) is 0 Å². The fourth-order valence-electron chi connectivity index (χ4n) is 1.06. The van der Waals surface area contributed by atoms with Gasteiger partial charge in [-0.15, -0.1) is 0 Å². The summed E-state index contributed by atoms with van der Waals surface area (Å²) in [4.78, 5) is 0. The zero-order chi connectivity index (χ0) is 8.48. The molecular formula is C9H14O2. The van der Waals surface area contributed by atoms with E-state index in [1.54, 1.807) is 6.08 Å². The summed E-state index contributed by atoms with van der Waals surface area (Å²) in [6, 6.07) is 0. The number of aliphatic hydroxyl groups is 2. The topological polar surface area (TPSA) is 40.5 Å². The van der Waals surface area contributed by atoms with E-state index < -0.39 is 5.79 Å². The Hall–Kier alpha value is -0.600. The average Bonchev–Trinajstić information content (AvgIpc) is 1.86.